The maximum Gasteiger partial charge on any atom is 0.410 e. The molecule has 3 aromatic carbocycles. The molecule has 0 radical (unpaired) electrons. The van der Waals surface area contributed by atoms with E-state index < -0.39 is 17.7 Å². The normalized spacial score (nSPS) is 22.0. The number of hydrogen-bond acceptors (Lipinski definition) is 9. The summed E-state index contributed by atoms with van der Waals surface area (Å²) >= 11 is 0. The largest absolute Gasteiger partial charge is 0.488 e. The van der Waals surface area contributed by atoms with Gasteiger partial charge in [0.1, 0.15) is 35.6 Å². The van der Waals surface area contributed by atoms with Crippen molar-refractivity contribution in [3.05, 3.63) is 65.9 Å². The monoisotopic (exact) mass is 805 g/mol. The minimum Gasteiger partial charge on any atom is -0.488 e. The summed E-state index contributed by atoms with van der Waals surface area (Å²) in [5.41, 5.74) is 6.05. The number of carbonyl (C=O) groups is 3. The number of amides is 3. The van der Waals surface area contributed by atoms with Crippen LogP contribution >= 0.6 is 0 Å². The number of fused-ring (bicyclic) bond motifs is 6. The number of nitrogens with one attached hydrogen (secondary N) is 3. The van der Waals surface area contributed by atoms with Crippen molar-refractivity contribution in [3.63, 3.8) is 0 Å². The first-order valence-electron chi connectivity index (χ1n) is 20.6. The van der Waals surface area contributed by atoms with Crippen molar-refractivity contribution in [1.29, 1.82) is 0 Å². The minimum absolute atomic E-state index is 0.0411. The van der Waals surface area contributed by atoms with E-state index in [1.54, 1.807) is 12.0 Å². The molecular formula is C45H55N7O7. The average molecular weight is 806 g/mol. The molecule has 5 aromatic rings. The molecule has 5 heterocycles. The molecule has 312 valence electrons. The molecule has 59 heavy (non-hydrogen) atoms. The molecule has 0 bridgehead atoms. The Labute approximate surface area is 344 Å². The molecule has 6 atom stereocenters. The highest BCUT2D eigenvalue weighted by molar-refractivity contribution is 6.07. The molecule has 3 aliphatic heterocycles. The van der Waals surface area contributed by atoms with Crippen molar-refractivity contribution in [2.24, 2.45) is 17.8 Å². The van der Waals surface area contributed by atoms with Gasteiger partial charge in [-0.2, -0.15) is 0 Å². The number of hydrogen-bond donors (Lipinski definition) is 3. The zero-order valence-electron chi connectivity index (χ0n) is 35.3. The van der Waals surface area contributed by atoms with E-state index in [1.807, 2.05) is 51.8 Å². The Morgan fingerprint density at radius 1 is 0.983 bits per heavy atom. The summed E-state index contributed by atoms with van der Waals surface area (Å²) in [6.07, 6.45) is 2.30. The maximum absolute atomic E-state index is 14.0. The Balaban J connectivity index is 1.06. The van der Waals surface area contributed by atoms with Crippen LogP contribution in [0.3, 0.4) is 0 Å². The standard InChI is InChI=1S/C45H55N7O7/c1-23(2)38(50-43(54)57-9)42(53)52-25(4)24(3)14-36(52)40-46-19-34(48-40)28-10-12-30-29(16-28)22-58-37-18-31-27(17-32(30)37)11-13-33-39(31)49-41(47-33)35-15-26(21-56-8)20-51(35)44(55)59-45(5,6)7/h10-13,16-19,23-26,35-36,38H,14-15,20-22H2,1-9H3,(H,46,48)(H,47,49)(H,50,54)/t24-,25-,26+,35+,36+,38+/m1/s1. The number of benzene rings is 3. The molecule has 0 unspecified atom stereocenters. The van der Waals surface area contributed by atoms with Crippen LogP contribution in [0, 0.1) is 17.8 Å². The van der Waals surface area contributed by atoms with E-state index in [0.717, 1.165) is 67.7 Å². The van der Waals surface area contributed by atoms with Crippen LogP contribution in [0.5, 0.6) is 5.75 Å². The number of nitrogens with zero attached hydrogens (tertiary/aromatic N) is 4. The van der Waals surface area contributed by atoms with Crippen LogP contribution in [-0.2, 0) is 25.6 Å². The Hall–Kier alpha value is -5.63. The third-order valence-corrected chi connectivity index (χ3v) is 12.2. The number of H-pyrrole nitrogens is 2. The molecule has 14 nitrogen and oxygen atoms in total. The zero-order chi connectivity index (χ0) is 41.9. The highest BCUT2D eigenvalue weighted by Crippen LogP contribution is 2.44. The number of alkyl carbamates (subject to hydrolysis) is 1. The van der Waals surface area contributed by atoms with Crippen LogP contribution in [0.2, 0.25) is 0 Å². The number of rotatable bonds is 8. The van der Waals surface area contributed by atoms with Gasteiger partial charge in [-0.1, -0.05) is 39.0 Å². The van der Waals surface area contributed by atoms with Crippen LogP contribution in [0.15, 0.2) is 48.7 Å². The van der Waals surface area contributed by atoms with Gasteiger partial charge in [0.25, 0.3) is 0 Å². The number of imidazole rings is 2. The quantitative estimate of drug-likeness (QED) is 0.140. The lowest BCUT2D eigenvalue weighted by molar-refractivity contribution is -0.137. The Morgan fingerprint density at radius 3 is 2.51 bits per heavy atom. The average Bonchev–Trinajstić information content (AvgIpc) is 4.01. The lowest BCUT2D eigenvalue weighted by Gasteiger charge is -2.33. The number of ether oxygens (including phenoxy) is 4. The van der Waals surface area contributed by atoms with Gasteiger partial charge >= 0.3 is 12.2 Å². The number of methoxy groups -OCH3 is 2. The summed E-state index contributed by atoms with van der Waals surface area (Å²) in [5, 5.41) is 4.74. The molecule has 3 amide bonds. The van der Waals surface area contributed by atoms with E-state index in [2.05, 4.69) is 65.5 Å². The lowest BCUT2D eigenvalue weighted by atomic mass is 9.92. The highest BCUT2D eigenvalue weighted by atomic mass is 16.6. The van der Waals surface area contributed by atoms with E-state index in [9.17, 15) is 14.4 Å². The fraction of sp³-hybridized carbons (Fsp3) is 0.489. The van der Waals surface area contributed by atoms with E-state index in [1.165, 1.54) is 7.11 Å². The first-order chi connectivity index (χ1) is 28.1. The Kier molecular flexibility index (Phi) is 10.6. The van der Waals surface area contributed by atoms with Crippen LogP contribution in [-0.4, -0.2) is 92.9 Å². The maximum atomic E-state index is 14.0. The zero-order valence-corrected chi connectivity index (χ0v) is 35.3. The van der Waals surface area contributed by atoms with Crippen molar-refractivity contribution in [2.45, 2.75) is 97.7 Å². The molecule has 8 rings (SSSR count). The first kappa shape index (κ1) is 40.2. The van der Waals surface area contributed by atoms with Crippen molar-refractivity contribution in [1.82, 2.24) is 35.1 Å². The van der Waals surface area contributed by atoms with Gasteiger partial charge < -0.3 is 39.1 Å². The molecular weight excluding hydrogens is 751 g/mol. The van der Waals surface area contributed by atoms with Crippen molar-refractivity contribution < 1.29 is 33.3 Å². The number of aromatic nitrogens is 4. The topological polar surface area (TPSA) is 164 Å². The van der Waals surface area contributed by atoms with Crippen LogP contribution in [0.1, 0.15) is 90.6 Å². The molecule has 2 saturated heterocycles. The molecule has 0 spiro atoms. The number of aromatic amines is 2. The van der Waals surface area contributed by atoms with E-state index >= 15 is 0 Å². The van der Waals surface area contributed by atoms with Crippen LogP contribution in [0.25, 0.3) is 44.2 Å². The predicted octanol–water partition coefficient (Wildman–Crippen LogP) is 8.29. The van der Waals surface area contributed by atoms with Gasteiger partial charge in [0.15, 0.2) is 0 Å². The second-order valence-corrected chi connectivity index (χ2v) is 17.8. The van der Waals surface area contributed by atoms with Crippen LogP contribution < -0.4 is 10.1 Å². The van der Waals surface area contributed by atoms with Gasteiger partial charge in [-0.05, 0) is 98.7 Å². The van der Waals surface area contributed by atoms with Gasteiger partial charge in [0.05, 0.1) is 48.7 Å². The van der Waals surface area contributed by atoms with Gasteiger partial charge in [0, 0.05) is 36.6 Å². The lowest BCUT2D eigenvalue weighted by Crippen LogP contribution is -2.53. The first-order valence-corrected chi connectivity index (χ1v) is 20.6. The molecule has 3 N–H and O–H groups in total. The summed E-state index contributed by atoms with van der Waals surface area (Å²) in [6, 6.07) is 13.4. The molecule has 3 aliphatic rings. The van der Waals surface area contributed by atoms with E-state index in [0.29, 0.717) is 32.0 Å². The van der Waals surface area contributed by atoms with Gasteiger partial charge in [0.2, 0.25) is 5.91 Å². The van der Waals surface area contributed by atoms with Crippen molar-refractivity contribution in [3.8, 4) is 28.1 Å². The summed E-state index contributed by atoms with van der Waals surface area (Å²) in [6.45, 7) is 15.1. The SMILES string of the molecule is COC[C@H]1C[C@@H](c2nc3c(ccc4cc5c(cc43)OCc3cc(-c4cnc([C@@H]6C[C@@H](C)[C@@H](C)N6C(=O)[C@@H](NC(=O)OC)C(C)C)[nH]4)ccc3-5)[nH]2)N(C(=O)OC(C)(C)C)C1. The highest BCUT2D eigenvalue weighted by Gasteiger charge is 2.45. The predicted molar refractivity (Wildman–Crippen MR) is 224 cm³/mol. The van der Waals surface area contributed by atoms with Crippen LogP contribution in [0.4, 0.5) is 9.59 Å². The second-order valence-electron chi connectivity index (χ2n) is 17.8. The van der Waals surface area contributed by atoms with Crippen molar-refractivity contribution >= 4 is 39.9 Å². The number of likely N-dealkylation sites (tertiary alicyclic amines) is 2. The minimum atomic E-state index is -0.723. The summed E-state index contributed by atoms with van der Waals surface area (Å²) < 4.78 is 22.5. The van der Waals surface area contributed by atoms with Gasteiger partial charge in [-0.3, -0.25) is 9.69 Å². The number of carbonyl (C=O) groups excluding carboxylic acids is 3. The van der Waals surface area contributed by atoms with E-state index in [-0.39, 0.29) is 47.9 Å². The van der Waals surface area contributed by atoms with Gasteiger partial charge in [-0.15, -0.1) is 0 Å². The fourth-order valence-electron chi connectivity index (χ4n) is 9.02. The molecule has 14 heteroatoms. The third-order valence-electron chi connectivity index (χ3n) is 12.2. The third kappa shape index (κ3) is 7.58. The smallest absolute Gasteiger partial charge is 0.410 e. The van der Waals surface area contributed by atoms with E-state index in [4.69, 9.17) is 28.9 Å². The summed E-state index contributed by atoms with van der Waals surface area (Å²) in [4.78, 5) is 60.1. The molecule has 0 saturated carbocycles. The van der Waals surface area contributed by atoms with Gasteiger partial charge in [-0.25, -0.2) is 19.6 Å². The molecule has 2 aromatic heterocycles. The summed E-state index contributed by atoms with van der Waals surface area (Å²) in [5.74, 6) is 2.35. The summed E-state index contributed by atoms with van der Waals surface area (Å²) in [7, 11) is 2.98. The Bertz CT molecular complexity index is 2410. The fourth-order valence-corrected chi connectivity index (χ4v) is 9.02. The Morgan fingerprint density at radius 2 is 1.78 bits per heavy atom. The van der Waals surface area contributed by atoms with Crippen molar-refractivity contribution in [2.75, 3.05) is 27.4 Å². The second kappa shape index (κ2) is 15.5. The molecule has 0 aliphatic carbocycles. The molecule has 2 fully saturated rings.